The number of piperazine rings is 1. The van der Waals surface area contributed by atoms with E-state index in [9.17, 15) is 4.79 Å². The number of tetrazole rings is 1. The van der Waals surface area contributed by atoms with E-state index in [4.69, 9.17) is 9.15 Å². The van der Waals surface area contributed by atoms with Crippen molar-refractivity contribution in [3.05, 3.63) is 66.0 Å². The monoisotopic (exact) mass is 459 g/mol. The van der Waals surface area contributed by atoms with Crippen molar-refractivity contribution in [2.45, 2.75) is 25.5 Å². The van der Waals surface area contributed by atoms with E-state index in [1.165, 1.54) is 22.1 Å². The first-order chi connectivity index (χ1) is 16.6. The van der Waals surface area contributed by atoms with Crippen LogP contribution in [-0.2, 0) is 16.0 Å². The molecule has 0 bridgehead atoms. The Hall–Kier alpha value is -3.63. The molecule has 2 fully saturated rings. The van der Waals surface area contributed by atoms with Gasteiger partial charge < -0.3 is 14.1 Å². The van der Waals surface area contributed by atoms with Gasteiger partial charge >= 0.3 is 0 Å². The fraction of sp³-hybridized carbons (Fsp3) is 0.375. The molecule has 2 atom stereocenters. The van der Waals surface area contributed by atoms with Crippen molar-refractivity contribution in [3.8, 4) is 5.82 Å². The van der Waals surface area contributed by atoms with E-state index in [1.54, 1.807) is 18.7 Å². The van der Waals surface area contributed by atoms with Gasteiger partial charge in [-0.15, -0.1) is 5.10 Å². The molecule has 2 saturated heterocycles. The van der Waals surface area contributed by atoms with Crippen LogP contribution < -0.4 is 0 Å². The van der Waals surface area contributed by atoms with Crippen LogP contribution in [0, 0.1) is 6.92 Å². The average molecular weight is 460 g/mol. The van der Waals surface area contributed by atoms with Gasteiger partial charge in [-0.05, 0) is 52.2 Å². The predicted octanol–water partition coefficient (Wildman–Crippen LogP) is 1.94. The Morgan fingerprint density at radius 1 is 1.15 bits per heavy atom. The summed E-state index contributed by atoms with van der Waals surface area (Å²) in [5, 5.41) is 13.3. The summed E-state index contributed by atoms with van der Waals surface area (Å²) >= 11 is 0. The lowest BCUT2D eigenvalue weighted by atomic mass is 9.97. The molecule has 0 radical (unpaired) electrons. The van der Waals surface area contributed by atoms with E-state index in [-0.39, 0.29) is 18.1 Å². The third-order valence-electron chi connectivity index (χ3n) is 6.80. The second-order valence-corrected chi connectivity index (χ2v) is 8.98. The van der Waals surface area contributed by atoms with Gasteiger partial charge in [-0.1, -0.05) is 6.07 Å². The number of hydrogen-bond acceptors (Lipinski definition) is 8. The van der Waals surface area contributed by atoms with Crippen LogP contribution in [-0.4, -0.2) is 79.7 Å². The molecular formula is C24H25N7O3. The van der Waals surface area contributed by atoms with Crippen LogP contribution in [0.2, 0.25) is 0 Å². The molecule has 0 unspecified atom stereocenters. The first-order valence-corrected chi connectivity index (χ1v) is 11.4. The van der Waals surface area contributed by atoms with E-state index in [2.05, 4.69) is 44.5 Å². The van der Waals surface area contributed by atoms with Gasteiger partial charge in [0.2, 0.25) is 5.91 Å². The summed E-state index contributed by atoms with van der Waals surface area (Å²) in [4.78, 5) is 21.7. The van der Waals surface area contributed by atoms with E-state index >= 15 is 0 Å². The zero-order valence-corrected chi connectivity index (χ0v) is 18.9. The topological polar surface area (TPSA) is 102 Å². The van der Waals surface area contributed by atoms with E-state index in [0.717, 1.165) is 36.0 Å². The first-order valence-electron chi connectivity index (χ1n) is 11.4. The molecule has 0 spiro atoms. The number of rotatable bonds is 4. The third-order valence-corrected chi connectivity index (χ3v) is 6.80. The standard InChI is InChI=1S/C24H25N7O3/c1-16-6-18-12-33-13-19(18)8-21(16)22-11-29-4-5-30(10-20(29)14-34-22)24(32)7-17-2-3-23(25-9-17)31-15-26-27-28-31/h2-3,6,8-9,12-13,15,20,22H,4-5,7,10-11,14H2,1H3/t20-,22-/m0/s1. The number of aryl methyl sites for hydroxylation is 1. The van der Waals surface area contributed by atoms with Gasteiger partial charge in [0, 0.05) is 43.1 Å². The Kier molecular flexibility index (Phi) is 5.31. The minimum absolute atomic E-state index is 0.0302. The van der Waals surface area contributed by atoms with Gasteiger partial charge in [0.15, 0.2) is 5.82 Å². The number of ether oxygens (including phenoxy) is 1. The molecule has 1 amide bonds. The number of aromatic nitrogens is 5. The van der Waals surface area contributed by atoms with Gasteiger partial charge in [0.05, 0.1) is 37.7 Å². The Balaban J connectivity index is 1.07. The first kappa shape index (κ1) is 20.9. The van der Waals surface area contributed by atoms with Gasteiger partial charge in [-0.25, -0.2) is 4.98 Å². The zero-order valence-electron chi connectivity index (χ0n) is 18.9. The normalized spacial score (nSPS) is 21.0. The highest BCUT2D eigenvalue weighted by Gasteiger charge is 2.36. The highest BCUT2D eigenvalue weighted by atomic mass is 16.5. The SMILES string of the molecule is Cc1cc2cocc2cc1[C@@H]1CN2CCN(C(=O)Cc3ccc(-n4cnnn4)nc3)C[C@H]2CO1. The van der Waals surface area contributed by atoms with Crippen LogP contribution in [0.4, 0.5) is 0 Å². The molecule has 34 heavy (non-hydrogen) atoms. The lowest BCUT2D eigenvalue weighted by Crippen LogP contribution is -2.59. The maximum absolute atomic E-state index is 13.0. The molecule has 174 valence electrons. The zero-order chi connectivity index (χ0) is 23.1. The summed E-state index contributed by atoms with van der Waals surface area (Å²) in [6, 6.07) is 8.26. The highest BCUT2D eigenvalue weighted by molar-refractivity contribution is 5.83. The van der Waals surface area contributed by atoms with Crippen molar-refractivity contribution in [2.75, 3.05) is 32.8 Å². The molecule has 0 N–H and O–H groups in total. The van der Waals surface area contributed by atoms with Crippen LogP contribution in [0.3, 0.4) is 0 Å². The van der Waals surface area contributed by atoms with Gasteiger partial charge in [-0.3, -0.25) is 9.69 Å². The number of benzene rings is 1. The summed E-state index contributed by atoms with van der Waals surface area (Å²) in [6.07, 6.45) is 7.10. The quantitative estimate of drug-likeness (QED) is 0.456. The summed E-state index contributed by atoms with van der Waals surface area (Å²) in [5.41, 5.74) is 3.30. The number of carbonyl (C=O) groups excluding carboxylic acids is 1. The fourth-order valence-corrected chi connectivity index (χ4v) is 4.90. The molecule has 5 heterocycles. The molecule has 10 heteroatoms. The maximum Gasteiger partial charge on any atom is 0.227 e. The molecule has 0 aliphatic carbocycles. The molecule has 1 aromatic carbocycles. The van der Waals surface area contributed by atoms with E-state index in [1.807, 2.05) is 17.0 Å². The highest BCUT2D eigenvalue weighted by Crippen LogP contribution is 2.32. The average Bonchev–Trinajstić information content (AvgIpc) is 3.55. The van der Waals surface area contributed by atoms with Crippen molar-refractivity contribution in [3.63, 3.8) is 0 Å². The largest absolute Gasteiger partial charge is 0.471 e. The second kappa shape index (κ2) is 8.62. The molecule has 4 aromatic rings. The number of morpholine rings is 1. The number of carbonyl (C=O) groups is 1. The van der Waals surface area contributed by atoms with Crippen molar-refractivity contribution in [1.82, 2.24) is 35.0 Å². The number of hydrogen-bond donors (Lipinski definition) is 0. The van der Waals surface area contributed by atoms with E-state index in [0.29, 0.717) is 25.4 Å². The van der Waals surface area contributed by atoms with Crippen molar-refractivity contribution >= 4 is 16.7 Å². The molecule has 10 nitrogen and oxygen atoms in total. The number of fused-ring (bicyclic) bond motifs is 2. The number of furan rings is 1. The van der Waals surface area contributed by atoms with Crippen LogP contribution in [0.5, 0.6) is 0 Å². The number of amides is 1. The maximum atomic E-state index is 13.0. The molecule has 6 rings (SSSR count). The summed E-state index contributed by atoms with van der Waals surface area (Å²) in [5.74, 6) is 0.728. The fourth-order valence-electron chi connectivity index (χ4n) is 4.90. The van der Waals surface area contributed by atoms with Crippen molar-refractivity contribution in [2.24, 2.45) is 0 Å². The second-order valence-electron chi connectivity index (χ2n) is 8.98. The molecule has 2 aliphatic heterocycles. The van der Waals surface area contributed by atoms with Crippen LogP contribution in [0.15, 0.2) is 53.7 Å². The Morgan fingerprint density at radius 3 is 2.82 bits per heavy atom. The third kappa shape index (κ3) is 3.95. The lowest BCUT2D eigenvalue weighted by molar-refractivity contribution is -0.139. The van der Waals surface area contributed by atoms with Crippen LogP contribution >= 0.6 is 0 Å². The van der Waals surface area contributed by atoms with Crippen LogP contribution in [0.25, 0.3) is 16.6 Å². The number of pyridine rings is 1. The Morgan fingerprint density at radius 2 is 2.03 bits per heavy atom. The summed E-state index contributed by atoms with van der Waals surface area (Å²) in [7, 11) is 0. The van der Waals surface area contributed by atoms with Gasteiger partial charge in [-0.2, -0.15) is 4.68 Å². The summed E-state index contributed by atoms with van der Waals surface area (Å²) < 4.78 is 13.1. The minimum Gasteiger partial charge on any atom is -0.471 e. The van der Waals surface area contributed by atoms with Crippen molar-refractivity contribution in [1.29, 1.82) is 0 Å². The Bertz CT molecular complexity index is 1300. The van der Waals surface area contributed by atoms with Crippen molar-refractivity contribution < 1.29 is 13.9 Å². The number of nitrogens with zero attached hydrogens (tertiary/aromatic N) is 7. The lowest BCUT2D eigenvalue weighted by Gasteiger charge is -2.46. The van der Waals surface area contributed by atoms with Gasteiger partial charge in [0.1, 0.15) is 6.33 Å². The molecule has 2 aliphatic rings. The molecular weight excluding hydrogens is 434 g/mol. The molecule has 3 aromatic heterocycles. The Labute approximate surface area is 196 Å². The molecule has 0 saturated carbocycles. The van der Waals surface area contributed by atoms with Gasteiger partial charge in [0.25, 0.3) is 0 Å². The smallest absolute Gasteiger partial charge is 0.227 e. The predicted molar refractivity (Wildman–Crippen MR) is 122 cm³/mol. The van der Waals surface area contributed by atoms with E-state index < -0.39 is 0 Å². The summed E-state index contributed by atoms with van der Waals surface area (Å²) in [6.45, 7) is 5.82. The van der Waals surface area contributed by atoms with Crippen LogP contribution in [0.1, 0.15) is 22.8 Å². The minimum atomic E-state index is 0.0302.